The van der Waals surface area contributed by atoms with Crippen molar-refractivity contribution < 1.29 is 4.79 Å². The molecule has 0 saturated heterocycles. The highest BCUT2D eigenvalue weighted by Gasteiger charge is 2.07. The van der Waals surface area contributed by atoms with Gasteiger partial charge in [0, 0.05) is 11.8 Å². The van der Waals surface area contributed by atoms with Crippen molar-refractivity contribution in [1.29, 1.82) is 0 Å². The fourth-order valence-corrected chi connectivity index (χ4v) is 2.32. The van der Waals surface area contributed by atoms with Crippen LogP contribution in [0.2, 0.25) is 0 Å². The molecule has 3 aromatic rings. The van der Waals surface area contributed by atoms with Gasteiger partial charge in [-0.2, -0.15) is 0 Å². The SMILES string of the molecule is Cc1ccc(C(=O)Nc2ccc3ncc(Br)n3c2)cc1. The number of carbonyl (C=O) groups is 1. The second kappa shape index (κ2) is 5.09. The summed E-state index contributed by atoms with van der Waals surface area (Å²) in [6.07, 6.45) is 3.55. The minimum atomic E-state index is -0.124. The van der Waals surface area contributed by atoms with Gasteiger partial charge in [-0.3, -0.25) is 9.20 Å². The van der Waals surface area contributed by atoms with Crippen LogP contribution in [0, 0.1) is 6.92 Å². The smallest absolute Gasteiger partial charge is 0.255 e. The van der Waals surface area contributed by atoms with E-state index in [1.165, 1.54) is 0 Å². The van der Waals surface area contributed by atoms with Gasteiger partial charge >= 0.3 is 0 Å². The number of hydrogen-bond donors (Lipinski definition) is 1. The van der Waals surface area contributed by atoms with E-state index in [2.05, 4.69) is 26.2 Å². The molecule has 0 saturated carbocycles. The topological polar surface area (TPSA) is 46.4 Å². The third kappa shape index (κ3) is 2.44. The molecule has 0 aliphatic rings. The molecule has 20 heavy (non-hydrogen) atoms. The van der Waals surface area contributed by atoms with E-state index in [-0.39, 0.29) is 5.91 Å². The molecule has 0 radical (unpaired) electrons. The van der Waals surface area contributed by atoms with Crippen molar-refractivity contribution in [2.45, 2.75) is 6.92 Å². The van der Waals surface area contributed by atoms with E-state index in [4.69, 9.17) is 0 Å². The van der Waals surface area contributed by atoms with E-state index >= 15 is 0 Å². The van der Waals surface area contributed by atoms with Crippen LogP contribution in [0.25, 0.3) is 5.65 Å². The predicted octanol–water partition coefficient (Wildman–Crippen LogP) is 3.66. The first-order valence-electron chi connectivity index (χ1n) is 6.14. The number of amides is 1. The second-order valence-electron chi connectivity index (χ2n) is 4.55. The molecular formula is C15H12BrN3O. The van der Waals surface area contributed by atoms with Crippen molar-refractivity contribution in [1.82, 2.24) is 9.38 Å². The van der Waals surface area contributed by atoms with Crippen molar-refractivity contribution in [3.8, 4) is 0 Å². The van der Waals surface area contributed by atoms with Gasteiger partial charge in [-0.15, -0.1) is 0 Å². The molecule has 3 rings (SSSR count). The predicted molar refractivity (Wildman–Crippen MR) is 82.0 cm³/mol. The average Bonchev–Trinajstić information content (AvgIpc) is 2.81. The monoisotopic (exact) mass is 329 g/mol. The molecule has 0 fully saturated rings. The summed E-state index contributed by atoms with van der Waals surface area (Å²) in [6, 6.07) is 11.2. The number of anilines is 1. The summed E-state index contributed by atoms with van der Waals surface area (Å²) in [7, 11) is 0. The van der Waals surface area contributed by atoms with E-state index in [1.54, 1.807) is 6.20 Å². The Morgan fingerprint density at radius 2 is 1.95 bits per heavy atom. The van der Waals surface area contributed by atoms with Crippen molar-refractivity contribution in [2.24, 2.45) is 0 Å². The van der Waals surface area contributed by atoms with Crippen molar-refractivity contribution in [3.05, 3.63) is 64.5 Å². The lowest BCUT2D eigenvalue weighted by atomic mass is 10.1. The Morgan fingerprint density at radius 1 is 1.20 bits per heavy atom. The Morgan fingerprint density at radius 3 is 2.70 bits per heavy atom. The van der Waals surface area contributed by atoms with Gasteiger partial charge in [0.2, 0.25) is 0 Å². The molecule has 2 aromatic heterocycles. The molecule has 100 valence electrons. The molecule has 5 heteroatoms. The zero-order chi connectivity index (χ0) is 14.1. The Hall–Kier alpha value is -2.14. The lowest BCUT2D eigenvalue weighted by molar-refractivity contribution is 0.102. The average molecular weight is 330 g/mol. The zero-order valence-corrected chi connectivity index (χ0v) is 12.4. The maximum atomic E-state index is 12.1. The highest BCUT2D eigenvalue weighted by atomic mass is 79.9. The van der Waals surface area contributed by atoms with Crippen LogP contribution in [0.5, 0.6) is 0 Å². The number of benzene rings is 1. The minimum Gasteiger partial charge on any atom is -0.321 e. The second-order valence-corrected chi connectivity index (χ2v) is 5.36. The normalized spacial score (nSPS) is 10.7. The summed E-state index contributed by atoms with van der Waals surface area (Å²) in [4.78, 5) is 16.3. The zero-order valence-electron chi connectivity index (χ0n) is 10.8. The maximum Gasteiger partial charge on any atom is 0.255 e. The van der Waals surface area contributed by atoms with Gasteiger partial charge < -0.3 is 5.32 Å². The Balaban J connectivity index is 1.86. The number of rotatable bonds is 2. The van der Waals surface area contributed by atoms with Gasteiger partial charge in [0.1, 0.15) is 10.3 Å². The van der Waals surface area contributed by atoms with E-state index in [9.17, 15) is 4.79 Å². The Bertz CT molecular complexity index is 777. The standard InChI is InChI=1S/C15H12BrN3O/c1-10-2-4-11(5-3-10)15(20)18-12-6-7-14-17-8-13(16)19(14)9-12/h2-9H,1H3,(H,18,20). The van der Waals surface area contributed by atoms with Gasteiger partial charge in [-0.05, 0) is 47.1 Å². The fourth-order valence-electron chi connectivity index (χ4n) is 1.93. The first-order valence-corrected chi connectivity index (χ1v) is 6.93. The number of nitrogens with zero attached hydrogens (tertiary/aromatic N) is 2. The summed E-state index contributed by atoms with van der Waals surface area (Å²) >= 11 is 3.41. The van der Waals surface area contributed by atoms with Crippen LogP contribution in [-0.2, 0) is 0 Å². The highest BCUT2D eigenvalue weighted by molar-refractivity contribution is 9.10. The first-order chi connectivity index (χ1) is 9.63. The van der Waals surface area contributed by atoms with Crippen molar-refractivity contribution in [3.63, 3.8) is 0 Å². The molecule has 1 amide bonds. The molecule has 0 aliphatic carbocycles. The molecule has 0 atom stereocenters. The number of fused-ring (bicyclic) bond motifs is 1. The third-order valence-corrected chi connectivity index (χ3v) is 3.62. The first kappa shape index (κ1) is 12.9. The maximum absolute atomic E-state index is 12.1. The summed E-state index contributed by atoms with van der Waals surface area (Å²) in [5.41, 5.74) is 3.32. The van der Waals surface area contributed by atoms with Crippen LogP contribution in [0.3, 0.4) is 0 Å². The fraction of sp³-hybridized carbons (Fsp3) is 0.0667. The summed E-state index contributed by atoms with van der Waals surface area (Å²) in [6.45, 7) is 1.99. The van der Waals surface area contributed by atoms with Crippen LogP contribution < -0.4 is 5.32 Å². The Kier molecular flexibility index (Phi) is 3.28. The van der Waals surface area contributed by atoms with E-state index in [1.807, 2.05) is 53.9 Å². The van der Waals surface area contributed by atoms with E-state index in [0.29, 0.717) is 5.56 Å². The van der Waals surface area contributed by atoms with Crippen LogP contribution in [0.15, 0.2) is 53.4 Å². The number of aromatic nitrogens is 2. The lowest BCUT2D eigenvalue weighted by Gasteiger charge is -2.06. The molecule has 4 nitrogen and oxygen atoms in total. The number of carbonyl (C=O) groups excluding carboxylic acids is 1. The van der Waals surface area contributed by atoms with Crippen LogP contribution >= 0.6 is 15.9 Å². The van der Waals surface area contributed by atoms with Crippen molar-refractivity contribution >= 4 is 33.2 Å². The molecular weight excluding hydrogens is 318 g/mol. The summed E-state index contributed by atoms with van der Waals surface area (Å²) in [5, 5.41) is 2.88. The number of pyridine rings is 1. The van der Waals surface area contributed by atoms with Gasteiger partial charge in [0.25, 0.3) is 5.91 Å². The molecule has 2 heterocycles. The summed E-state index contributed by atoms with van der Waals surface area (Å²) in [5.74, 6) is -0.124. The molecule has 0 spiro atoms. The van der Waals surface area contributed by atoms with Gasteiger partial charge in [0.05, 0.1) is 11.9 Å². The largest absolute Gasteiger partial charge is 0.321 e. The van der Waals surface area contributed by atoms with Crippen LogP contribution in [0.1, 0.15) is 15.9 Å². The Labute approximate surface area is 124 Å². The number of halogens is 1. The number of imidazole rings is 1. The molecule has 1 N–H and O–H groups in total. The number of nitrogens with one attached hydrogen (secondary N) is 1. The van der Waals surface area contributed by atoms with Gasteiger partial charge in [-0.1, -0.05) is 17.7 Å². The van der Waals surface area contributed by atoms with E-state index in [0.717, 1.165) is 21.5 Å². The van der Waals surface area contributed by atoms with Gasteiger partial charge in [-0.25, -0.2) is 4.98 Å². The molecule has 0 aliphatic heterocycles. The van der Waals surface area contributed by atoms with Crippen molar-refractivity contribution in [2.75, 3.05) is 5.32 Å². The molecule has 0 bridgehead atoms. The number of aryl methyl sites for hydroxylation is 1. The highest BCUT2D eigenvalue weighted by Crippen LogP contribution is 2.17. The van der Waals surface area contributed by atoms with Gasteiger partial charge in [0.15, 0.2) is 0 Å². The van der Waals surface area contributed by atoms with E-state index < -0.39 is 0 Å². The minimum absolute atomic E-state index is 0.124. The summed E-state index contributed by atoms with van der Waals surface area (Å²) < 4.78 is 2.71. The quantitative estimate of drug-likeness (QED) is 0.779. The van der Waals surface area contributed by atoms with Crippen LogP contribution in [0.4, 0.5) is 5.69 Å². The molecule has 1 aromatic carbocycles. The van der Waals surface area contributed by atoms with Crippen LogP contribution in [-0.4, -0.2) is 15.3 Å². The number of hydrogen-bond acceptors (Lipinski definition) is 2. The third-order valence-electron chi connectivity index (χ3n) is 3.03. The lowest BCUT2D eigenvalue weighted by Crippen LogP contribution is -2.12. The molecule has 0 unspecified atom stereocenters.